The third-order valence-electron chi connectivity index (χ3n) is 3.97. The van der Waals surface area contributed by atoms with Crippen LogP contribution in [-0.2, 0) is 4.79 Å². The Kier molecular flexibility index (Phi) is 5.54. The predicted octanol–water partition coefficient (Wildman–Crippen LogP) is 3.12. The molecule has 0 bridgehead atoms. The maximum Gasteiger partial charge on any atom is 0.224 e. The van der Waals surface area contributed by atoms with Gasteiger partial charge in [-0.2, -0.15) is 0 Å². The summed E-state index contributed by atoms with van der Waals surface area (Å²) >= 11 is 3.32. The van der Waals surface area contributed by atoms with Crippen molar-refractivity contribution in [1.29, 1.82) is 0 Å². The normalized spacial score (nSPS) is 20.4. The van der Waals surface area contributed by atoms with Crippen LogP contribution in [0.2, 0.25) is 0 Å². The second kappa shape index (κ2) is 7.18. The second-order valence-corrected chi connectivity index (χ2v) is 6.42. The van der Waals surface area contributed by atoms with E-state index in [4.69, 9.17) is 0 Å². The summed E-state index contributed by atoms with van der Waals surface area (Å²) in [6.07, 6.45) is 3.01. The van der Waals surface area contributed by atoms with E-state index in [1.807, 2.05) is 19.1 Å². The molecule has 4 nitrogen and oxygen atoms in total. The van der Waals surface area contributed by atoms with E-state index in [0.717, 1.165) is 29.1 Å². The fourth-order valence-electron chi connectivity index (χ4n) is 2.69. The molecule has 1 aromatic heterocycles. The molecule has 0 aromatic carbocycles. The van der Waals surface area contributed by atoms with E-state index in [1.54, 1.807) is 0 Å². The molecule has 20 heavy (non-hydrogen) atoms. The van der Waals surface area contributed by atoms with E-state index in [0.29, 0.717) is 18.3 Å². The lowest BCUT2D eigenvalue weighted by molar-refractivity contribution is -0.117. The van der Waals surface area contributed by atoms with Crippen molar-refractivity contribution >= 4 is 27.5 Å². The number of hydrogen-bond acceptors (Lipinski definition) is 3. The zero-order chi connectivity index (χ0) is 14.5. The van der Waals surface area contributed by atoms with E-state index in [1.165, 1.54) is 12.8 Å². The van der Waals surface area contributed by atoms with Crippen molar-refractivity contribution < 1.29 is 4.79 Å². The standard InChI is InChI=1S/C15H22BrN3O/c1-10(12-4-3-7-17-9-12)8-15(20)19-13-5-6-14(16)18-11(13)2/h5-6,10,12,17H,3-4,7-9H2,1-2H3,(H,19,20). The molecule has 2 rings (SSSR count). The summed E-state index contributed by atoms with van der Waals surface area (Å²) in [4.78, 5) is 16.4. The van der Waals surface area contributed by atoms with Gasteiger partial charge in [-0.15, -0.1) is 0 Å². The molecular weight excluding hydrogens is 318 g/mol. The van der Waals surface area contributed by atoms with Crippen LogP contribution < -0.4 is 10.6 Å². The fraction of sp³-hybridized carbons (Fsp3) is 0.600. The molecule has 1 aliphatic heterocycles. The van der Waals surface area contributed by atoms with Crippen LogP contribution in [0.5, 0.6) is 0 Å². The minimum Gasteiger partial charge on any atom is -0.324 e. The van der Waals surface area contributed by atoms with Crippen LogP contribution in [0.4, 0.5) is 5.69 Å². The SMILES string of the molecule is Cc1nc(Br)ccc1NC(=O)CC(C)C1CCCNC1. The van der Waals surface area contributed by atoms with Crippen LogP contribution in [0.15, 0.2) is 16.7 Å². The number of nitrogens with one attached hydrogen (secondary N) is 2. The summed E-state index contributed by atoms with van der Waals surface area (Å²) in [7, 11) is 0. The highest BCUT2D eigenvalue weighted by molar-refractivity contribution is 9.10. The van der Waals surface area contributed by atoms with E-state index in [2.05, 4.69) is 38.5 Å². The minimum atomic E-state index is 0.0790. The number of aromatic nitrogens is 1. The largest absolute Gasteiger partial charge is 0.324 e. The van der Waals surface area contributed by atoms with Gasteiger partial charge in [0.05, 0.1) is 11.4 Å². The quantitative estimate of drug-likeness (QED) is 0.828. The number of aryl methyl sites for hydroxylation is 1. The zero-order valence-corrected chi connectivity index (χ0v) is 13.7. The molecule has 1 aromatic rings. The highest BCUT2D eigenvalue weighted by Gasteiger charge is 2.22. The Morgan fingerprint density at radius 3 is 3.05 bits per heavy atom. The Morgan fingerprint density at radius 1 is 1.60 bits per heavy atom. The molecule has 1 aliphatic rings. The first-order valence-electron chi connectivity index (χ1n) is 7.20. The number of anilines is 1. The number of amides is 1. The lowest BCUT2D eigenvalue weighted by Crippen LogP contribution is -2.34. The van der Waals surface area contributed by atoms with Crippen LogP contribution in [0, 0.1) is 18.8 Å². The smallest absolute Gasteiger partial charge is 0.224 e. The molecular formula is C15H22BrN3O. The Labute approximate surface area is 128 Å². The van der Waals surface area contributed by atoms with Crippen molar-refractivity contribution in [3.8, 4) is 0 Å². The maximum absolute atomic E-state index is 12.1. The highest BCUT2D eigenvalue weighted by atomic mass is 79.9. The van der Waals surface area contributed by atoms with Gasteiger partial charge in [0.15, 0.2) is 0 Å². The number of rotatable bonds is 4. The Morgan fingerprint density at radius 2 is 2.40 bits per heavy atom. The number of pyridine rings is 1. The monoisotopic (exact) mass is 339 g/mol. The van der Waals surface area contributed by atoms with Crippen LogP contribution in [-0.4, -0.2) is 24.0 Å². The van der Waals surface area contributed by atoms with Gasteiger partial charge >= 0.3 is 0 Å². The molecule has 110 valence electrons. The molecule has 2 N–H and O–H groups in total. The summed E-state index contributed by atoms with van der Waals surface area (Å²) in [6.45, 7) is 6.21. The third-order valence-corrected chi connectivity index (χ3v) is 4.41. The van der Waals surface area contributed by atoms with Gasteiger partial charge in [0.25, 0.3) is 0 Å². The molecule has 1 fully saturated rings. The Balaban J connectivity index is 1.88. The van der Waals surface area contributed by atoms with Crippen LogP contribution in [0.3, 0.4) is 0 Å². The summed E-state index contributed by atoms with van der Waals surface area (Å²) in [5.41, 5.74) is 1.63. The van der Waals surface area contributed by atoms with Gasteiger partial charge in [0.1, 0.15) is 4.60 Å². The molecule has 0 radical (unpaired) electrons. The van der Waals surface area contributed by atoms with Crippen LogP contribution in [0.25, 0.3) is 0 Å². The molecule has 0 spiro atoms. The van der Waals surface area contributed by atoms with Gasteiger partial charge in [-0.05, 0) is 72.8 Å². The van der Waals surface area contributed by atoms with Gasteiger partial charge in [0, 0.05) is 6.42 Å². The van der Waals surface area contributed by atoms with Crippen molar-refractivity contribution in [2.24, 2.45) is 11.8 Å². The van der Waals surface area contributed by atoms with Crippen molar-refractivity contribution in [3.05, 3.63) is 22.4 Å². The molecule has 2 heterocycles. The van der Waals surface area contributed by atoms with Gasteiger partial charge in [-0.1, -0.05) is 6.92 Å². The van der Waals surface area contributed by atoms with Gasteiger partial charge in [-0.3, -0.25) is 4.79 Å². The van der Waals surface area contributed by atoms with Crippen molar-refractivity contribution in [1.82, 2.24) is 10.3 Å². The molecule has 0 saturated carbocycles. The molecule has 1 amide bonds. The van der Waals surface area contributed by atoms with Crippen LogP contribution >= 0.6 is 15.9 Å². The number of carbonyl (C=O) groups excluding carboxylic acids is 1. The maximum atomic E-state index is 12.1. The molecule has 2 atom stereocenters. The predicted molar refractivity (Wildman–Crippen MR) is 84.7 cm³/mol. The Bertz CT molecular complexity index is 472. The number of carbonyl (C=O) groups is 1. The van der Waals surface area contributed by atoms with Gasteiger partial charge in [0.2, 0.25) is 5.91 Å². The summed E-state index contributed by atoms with van der Waals surface area (Å²) in [6, 6.07) is 3.73. The molecule has 0 aliphatic carbocycles. The summed E-state index contributed by atoms with van der Waals surface area (Å²) in [5.74, 6) is 1.10. The van der Waals surface area contributed by atoms with Crippen molar-refractivity contribution in [2.45, 2.75) is 33.1 Å². The number of piperidine rings is 1. The van der Waals surface area contributed by atoms with Crippen molar-refractivity contribution in [3.63, 3.8) is 0 Å². The fourth-order valence-corrected chi connectivity index (χ4v) is 3.09. The Hall–Kier alpha value is -0.940. The average Bonchev–Trinajstić information content (AvgIpc) is 2.43. The van der Waals surface area contributed by atoms with Gasteiger partial charge < -0.3 is 10.6 Å². The highest BCUT2D eigenvalue weighted by Crippen LogP contribution is 2.23. The lowest BCUT2D eigenvalue weighted by atomic mass is 9.85. The third kappa shape index (κ3) is 4.28. The average molecular weight is 340 g/mol. The number of hydrogen-bond donors (Lipinski definition) is 2. The van der Waals surface area contributed by atoms with E-state index in [-0.39, 0.29) is 5.91 Å². The van der Waals surface area contributed by atoms with E-state index in [9.17, 15) is 4.79 Å². The molecule has 1 saturated heterocycles. The lowest BCUT2D eigenvalue weighted by Gasteiger charge is -2.28. The first-order chi connectivity index (χ1) is 9.56. The number of halogens is 1. The minimum absolute atomic E-state index is 0.0790. The summed E-state index contributed by atoms with van der Waals surface area (Å²) < 4.78 is 0.787. The van der Waals surface area contributed by atoms with Crippen LogP contribution in [0.1, 0.15) is 31.9 Å². The zero-order valence-electron chi connectivity index (χ0n) is 12.1. The van der Waals surface area contributed by atoms with Gasteiger partial charge in [-0.25, -0.2) is 4.98 Å². The number of nitrogens with zero attached hydrogens (tertiary/aromatic N) is 1. The first kappa shape index (κ1) is 15.4. The molecule has 2 unspecified atom stereocenters. The summed E-state index contributed by atoms with van der Waals surface area (Å²) in [5, 5.41) is 6.37. The van der Waals surface area contributed by atoms with Crippen molar-refractivity contribution in [2.75, 3.05) is 18.4 Å². The van der Waals surface area contributed by atoms with E-state index >= 15 is 0 Å². The first-order valence-corrected chi connectivity index (χ1v) is 7.99. The van der Waals surface area contributed by atoms with E-state index < -0.39 is 0 Å². The topological polar surface area (TPSA) is 54.0 Å². The molecule has 5 heteroatoms. The second-order valence-electron chi connectivity index (χ2n) is 5.60.